The van der Waals surface area contributed by atoms with Crippen LogP contribution in [0.15, 0.2) is 42.5 Å². The van der Waals surface area contributed by atoms with Crippen LogP contribution >= 0.6 is 23.2 Å². The highest BCUT2D eigenvalue weighted by Crippen LogP contribution is 2.37. The number of alkyl halides is 3. The lowest BCUT2D eigenvalue weighted by molar-refractivity contribution is -0.137. The second-order valence-electron chi connectivity index (χ2n) is 6.14. The first kappa shape index (κ1) is 23.3. The smallest absolute Gasteiger partial charge is 0.324 e. The third kappa shape index (κ3) is 5.77. The zero-order valence-electron chi connectivity index (χ0n) is 15.3. The Balaban J connectivity index is 2.47. The maximum atomic E-state index is 13.3. The first-order chi connectivity index (χ1) is 13.3. The molecular formula is C18H17Cl2F3N2O3S. The molecule has 11 heteroatoms. The van der Waals surface area contributed by atoms with E-state index in [9.17, 15) is 26.4 Å². The molecule has 0 aliphatic carbocycles. The van der Waals surface area contributed by atoms with Gasteiger partial charge in [-0.25, -0.2) is 8.42 Å². The van der Waals surface area contributed by atoms with E-state index in [-0.39, 0.29) is 22.2 Å². The largest absolute Gasteiger partial charge is 0.418 e. The molecule has 2 aromatic rings. The van der Waals surface area contributed by atoms with Crippen LogP contribution in [0, 0.1) is 0 Å². The monoisotopic (exact) mass is 468 g/mol. The standard InChI is InChI=1S/C18H17Cl2F3N2O3S/c1-3-16(25(29(2,27)28)13-6-4-5-11(19)9-13)17(26)24-15-8-7-12(20)10-14(15)18(21,22)23/h4-10,16H,3H2,1-2H3,(H,24,26). The molecule has 2 aromatic carbocycles. The summed E-state index contributed by atoms with van der Waals surface area (Å²) in [5.74, 6) is -0.925. The van der Waals surface area contributed by atoms with Crippen molar-refractivity contribution in [2.45, 2.75) is 25.6 Å². The quantitative estimate of drug-likeness (QED) is 0.633. The van der Waals surface area contributed by atoms with Gasteiger partial charge in [0, 0.05) is 10.0 Å². The number of sulfonamides is 1. The van der Waals surface area contributed by atoms with Crippen molar-refractivity contribution in [3.63, 3.8) is 0 Å². The number of hydrogen-bond donors (Lipinski definition) is 1. The van der Waals surface area contributed by atoms with Crippen LogP contribution < -0.4 is 9.62 Å². The molecular weight excluding hydrogens is 452 g/mol. The molecule has 29 heavy (non-hydrogen) atoms. The van der Waals surface area contributed by atoms with Crippen LogP contribution in [0.4, 0.5) is 24.5 Å². The molecule has 1 amide bonds. The predicted molar refractivity (Wildman–Crippen MR) is 108 cm³/mol. The van der Waals surface area contributed by atoms with E-state index in [1.54, 1.807) is 6.92 Å². The van der Waals surface area contributed by atoms with Gasteiger partial charge in [-0.15, -0.1) is 0 Å². The molecule has 0 aliphatic heterocycles. The SMILES string of the molecule is CCC(C(=O)Nc1ccc(Cl)cc1C(F)(F)F)N(c1cccc(Cl)c1)S(C)(=O)=O. The number of amides is 1. The third-order valence-electron chi connectivity index (χ3n) is 3.94. The summed E-state index contributed by atoms with van der Waals surface area (Å²) in [5, 5.41) is 2.26. The van der Waals surface area contributed by atoms with Crippen molar-refractivity contribution in [1.82, 2.24) is 0 Å². The number of carbonyl (C=O) groups is 1. The van der Waals surface area contributed by atoms with Gasteiger partial charge in [0.05, 0.1) is 23.2 Å². The molecule has 0 spiro atoms. The summed E-state index contributed by atoms with van der Waals surface area (Å²) in [6.07, 6.45) is -3.87. The molecule has 0 saturated heterocycles. The normalized spacial score (nSPS) is 13.1. The number of carbonyl (C=O) groups excluding carboxylic acids is 1. The molecule has 0 heterocycles. The Hall–Kier alpha value is -1.97. The summed E-state index contributed by atoms with van der Waals surface area (Å²) in [5.41, 5.74) is -1.54. The van der Waals surface area contributed by atoms with Gasteiger partial charge in [-0.05, 0) is 42.8 Å². The van der Waals surface area contributed by atoms with E-state index in [0.29, 0.717) is 6.07 Å². The van der Waals surface area contributed by atoms with Gasteiger partial charge in [0.2, 0.25) is 15.9 Å². The average Bonchev–Trinajstić information content (AvgIpc) is 2.58. The van der Waals surface area contributed by atoms with Gasteiger partial charge in [0.25, 0.3) is 0 Å². The number of halogens is 5. The Kier molecular flexibility index (Phi) is 7.08. The van der Waals surface area contributed by atoms with E-state index in [1.807, 2.05) is 0 Å². The number of rotatable bonds is 6. The van der Waals surface area contributed by atoms with Gasteiger partial charge in [-0.3, -0.25) is 9.10 Å². The Bertz CT molecular complexity index is 1010. The number of anilines is 2. The molecule has 0 fully saturated rings. The molecule has 1 N–H and O–H groups in total. The molecule has 5 nitrogen and oxygen atoms in total. The maximum absolute atomic E-state index is 13.3. The van der Waals surface area contributed by atoms with Crippen LogP contribution in [0.5, 0.6) is 0 Å². The van der Waals surface area contributed by atoms with Crippen molar-refractivity contribution < 1.29 is 26.4 Å². The summed E-state index contributed by atoms with van der Waals surface area (Å²) in [7, 11) is -3.96. The van der Waals surface area contributed by atoms with Crippen LogP contribution in [-0.2, 0) is 21.0 Å². The second kappa shape index (κ2) is 8.81. The minimum Gasteiger partial charge on any atom is -0.324 e. The van der Waals surface area contributed by atoms with E-state index < -0.39 is 39.4 Å². The van der Waals surface area contributed by atoms with Gasteiger partial charge in [0.1, 0.15) is 6.04 Å². The van der Waals surface area contributed by atoms with Crippen molar-refractivity contribution in [3.8, 4) is 0 Å². The fraction of sp³-hybridized carbons (Fsp3) is 0.278. The van der Waals surface area contributed by atoms with Gasteiger partial charge in [-0.2, -0.15) is 13.2 Å². The van der Waals surface area contributed by atoms with E-state index in [2.05, 4.69) is 5.32 Å². The van der Waals surface area contributed by atoms with Crippen LogP contribution in [0.2, 0.25) is 10.0 Å². The van der Waals surface area contributed by atoms with Gasteiger partial charge >= 0.3 is 6.18 Å². The summed E-state index contributed by atoms with van der Waals surface area (Å²) in [6, 6.07) is 7.40. The van der Waals surface area contributed by atoms with Crippen molar-refractivity contribution in [1.29, 1.82) is 0 Å². The zero-order valence-corrected chi connectivity index (χ0v) is 17.6. The van der Waals surface area contributed by atoms with Crippen LogP contribution in [0.25, 0.3) is 0 Å². The molecule has 0 saturated carbocycles. The Labute approximate surface area is 176 Å². The summed E-state index contributed by atoms with van der Waals surface area (Å²) in [6.45, 7) is 1.54. The van der Waals surface area contributed by atoms with Crippen LogP contribution in [0.3, 0.4) is 0 Å². The zero-order chi connectivity index (χ0) is 22.0. The molecule has 0 bridgehead atoms. The highest BCUT2D eigenvalue weighted by atomic mass is 35.5. The molecule has 1 atom stereocenters. The van der Waals surface area contributed by atoms with Gasteiger partial charge in [0.15, 0.2) is 0 Å². The number of hydrogen-bond acceptors (Lipinski definition) is 3. The number of nitrogens with one attached hydrogen (secondary N) is 1. The van der Waals surface area contributed by atoms with Crippen molar-refractivity contribution in [3.05, 3.63) is 58.1 Å². The Morgan fingerprint density at radius 1 is 1.14 bits per heavy atom. The second-order valence-corrected chi connectivity index (χ2v) is 8.87. The van der Waals surface area contributed by atoms with E-state index in [4.69, 9.17) is 23.2 Å². The van der Waals surface area contributed by atoms with Gasteiger partial charge in [-0.1, -0.05) is 36.2 Å². The molecule has 2 rings (SSSR count). The highest BCUT2D eigenvalue weighted by Gasteiger charge is 2.36. The Morgan fingerprint density at radius 2 is 1.76 bits per heavy atom. The first-order valence-electron chi connectivity index (χ1n) is 8.27. The average molecular weight is 469 g/mol. The minimum atomic E-state index is -4.77. The summed E-state index contributed by atoms with van der Waals surface area (Å²) < 4.78 is 65.4. The fourth-order valence-electron chi connectivity index (χ4n) is 2.75. The number of benzene rings is 2. The lowest BCUT2D eigenvalue weighted by Crippen LogP contribution is -2.47. The van der Waals surface area contributed by atoms with Gasteiger partial charge < -0.3 is 5.32 Å². The molecule has 0 aliphatic rings. The third-order valence-corrected chi connectivity index (χ3v) is 5.59. The molecule has 0 radical (unpaired) electrons. The summed E-state index contributed by atoms with van der Waals surface area (Å²) >= 11 is 11.6. The topological polar surface area (TPSA) is 66.5 Å². The lowest BCUT2D eigenvalue weighted by Gasteiger charge is -2.30. The predicted octanol–water partition coefficient (Wildman–Crippen LogP) is 5.20. The molecule has 1 unspecified atom stereocenters. The van der Waals surface area contributed by atoms with Crippen LogP contribution in [0.1, 0.15) is 18.9 Å². The lowest BCUT2D eigenvalue weighted by atomic mass is 10.1. The highest BCUT2D eigenvalue weighted by molar-refractivity contribution is 7.92. The Morgan fingerprint density at radius 3 is 2.28 bits per heavy atom. The minimum absolute atomic E-state index is 0.000355. The molecule has 158 valence electrons. The summed E-state index contributed by atoms with van der Waals surface area (Å²) in [4.78, 5) is 12.8. The van der Waals surface area contributed by atoms with Crippen LogP contribution in [-0.4, -0.2) is 26.6 Å². The van der Waals surface area contributed by atoms with E-state index >= 15 is 0 Å². The maximum Gasteiger partial charge on any atom is 0.418 e. The fourth-order valence-corrected chi connectivity index (χ4v) is 4.31. The van der Waals surface area contributed by atoms with E-state index in [0.717, 1.165) is 16.6 Å². The van der Waals surface area contributed by atoms with Crippen molar-refractivity contribution >= 4 is 50.5 Å². The molecule has 0 aromatic heterocycles. The van der Waals surface area contributed by atoms with Crippen molar-refractivity contribution in [2.75, 3.05) is 15.9 Å². The number of nitrogens with zero attached hydrogens (tertiary/aromatic N) is 1. The van der Waals surface area contributed by atoms with E-state index in [1.165, 1.54) is 30.3 Å². The van der Waals surface area contributed by atoms with Crippen molar-refractivity contribution in [2.24, 2.45) is 0 Å². The first-order valence-corrected chi connectivity index (χ1v) is 10.9.